The predicted molar refractivity (Wildman–Crippen MR) is 68.9 cm³/mol. The monoisotopic (exact) mass is 232 g/mol. The maximum absolute atomic E-state index is 6.07. The Kier molecular flexibility index (Phi) is 6.07. The van der Waals surface area contributed by atoms with Crippen LogP contribution in [-0.4, -0.2) is 28.1 Å². The van der Waals surface area contributed by atoms with Crippen molar-refractivity contribution < 1.29 is 9.16 Å². The van der Waals surface area contributed by atoms with Gasteiger partial charge >= 0.3 is 0 Å². The second kappa shape index (κ2) is 6.02. The van der Waals surface area contributed by atoms with E-state index in [1.165, 1.54) is 0 Å². The summed E-state index contributed by atoms with van der Waals surface area (Å²) in [5.74, 6) is 0. The Morgan fingerprint density at radius 2 is 1.73 bits per heavy atom. The quantitative estimate of drug-likeness (QED) is 0.512. The van der Waals surface area contributed by atoms with Gasteiger partial charge in [-0.2, -0.15) is 0 Å². The summed E-state index contributed by atoms with van der Waals surface area (Å²) in [4.78, 5) is 0. The number of methoxy groups -OCH3 is 1. The summed E-state index contributed by atoms with van der Waals surface area (Å²) < 4.78 is 11.3. The maximum atomic E-state index is 6.07. The highest BCUT2D eigenvalue weighted by Gasteiger charge is 2.36. The molecule has 0 radical (unpaired) electrons. The van der Waals surface area contributed by atoms with E-state index in [0.29, 0.717) is 11.1 Å². The molecule has 0 aromatic carbocycles. The maximum Gasteiger partial charge on any atom is 0.191 e. The third-order valence-electron chi connectivity index (χ3n) is 3.43. The van der Waals surface area contributed by atoms with Crippen molar-refractivity contribution in [1.29, 1.82) is 0 Å². The van der Waals surface area contributed by atoms with Crippen molar-refractivity contribution >= 4 is 8.32 Å². The lowest BCUT2D eigenvalue weighted by Crippen LogP contribution is -2.41. The Morgan fingerprint density at radius 1 is 1.20 bits per heavy atom. The fourth-order valence-corrected chi connectivity index (χ4v) is 2.12. The van der Waals surface area contributed by atoms with Gasteiger partial charge < -0.3 is 9.16 Å². The molecule has 15 heavy (non-hydrogen) atoms. The number of rotatable bonds is 6. The van der Waals surface area contributed by atoms with Crippen LogP contribution in [0.2, 0.25) is 18.1 Å². The van der Waals surface area contributed by atoms with Crippen molar-refractivity contribution in [1.82, 2.24) is 0 Å². The molecule has 0 bridgehead atoms. The van der Waals surface area contributed by atoms with Crippen LogP contribution in [0.25, 0.3) is 0 Å². The zero-order valence-corrected chi connectivity index (χ0v) is 12.5. The van der Waals surface area contributed by atoms with E-state index in [2.05, 4.69) is 40.8 Å². The first-order valence-electron chi connectivity index (χ1n) is 5.87. The zero-order valence-electron chi connectivity index (χ0n) is 11.5. The molecule has 0 rings (SSSR count). The first-order chi connectivity index (χ1) is 6.70. The minimum atomic E-state index is -1.53. The molecule has 0 saturated carbocycles. The molecule has 3 heteroatoms. The van der Waals surface area contributed by atoms with Crippen LogP contribution in [-0.2, 0) is 9.16 Å². The lowest BCUT2D eigenvalue weighted by Gasteiger charge is -2.36. The third-order valence-corrected chi connectivity index (χ3v) is 7.96. The fraction of sp³-hybridized carbons (Fsp3) is 1.00. The summed E-state index contributed by atoms with van der Waals surface area (Å²) in [7, 11) is 0.235. The Balaban J connectivity index is 3.77. The van der Waals surface area contributed by atoms with Gasteiger partial charge in [0.15, 0.2) is 8.32 Å². The average molecular weight is 232 g/mol. The molecule has 0 fully saturated rings. The van der Waals surface area contributed by atoms with Gasteiger partial charge in [0.2, 0.25) is 0 Å². The van der Waals surface area contributed by atoms with E-state index in [1.807, 2.05) is 0 Å². The van der Waals surface area contributed by atoms with E-state index in [0.717, 1.165) is 19.4 Å². The van der Waals surface area contributed by atoms with Crippen LogP contribution in [0.5, 0.6) is 0 Å². The van der Waals surface area contributed by atoms with Crippen LogP contribution in [0.3, 0.4) is 0 Å². The summed E-state index contributed by atoms with van der Waals surface area (Å²) in [5, 5.41) is 0.319. The Hall–Kier alpha value is 0.137. The molecule has 0 aromatic heterocycles. The van der Waals surface area contributed by atoms with E-state index < -0.39 is 8.32 Å². The van der Waals surface area contributed by atoms with Gasteiger partial charge in [0.25, 0.3) is 0 Å². The van der Waals surface area contributed by atoms with Crippen LogP contribution in [0.4, 0.5) is 0 Å². The molecular formula is C12H28O2Si. The second-order valence-corrected chi connectivity index (χ2v) is 10.6. The van der Waals surface area contributed by atoms with E-state index in [-0.39, 0.29) is 0 Å². The van der Waals surface area contributed by atoms with Gasteiger partial charge in [0, 0.05) is 13.7 Å². The Morgan fingerprint density at radius 3 is 2.13 bits per heavy atom. The topological polar surface area (TPSA) is 18.5 Å². The zero-order chi connectivity index (χ0) is 12.1. The summed E-state index contributed by atoms with van der Waals surface area (Å²) in [5.41, 5.74) is 0. The fourth-order valence-electron chi connectivity index (χ4n) is 1.03. The average Bonchev–Trinajstić information content (AvgIpc) is 2.10. The van der Waals surface area contributed by atoms with Gasteiger partial charge in [-0.1, -0.05) is 20.8 Å². The van der Waals surface area contributed by atoms with Crippen molar-refractivity contribution in [2.24, 2.45) is 0 Å². The smallest absolute Gasteiger partial charge is 0.191 e. The minimum absolute atomic E-state index is 0.319. The molecule has 1 atom stereocenters. The number of ether oxygens (including phenoxy) is 1. The van der Waals surface area contributed by atoms with E-state index in [9.17, 15) is 0 Å². The molecule has 0 aromatic rings. The summed E-state index contributed by atoms with van der Waals surface area (Å²) in [6.07, 6.45) is 2.54. The molecule has 0 amide bonds. The van der Waals surface area contributed by atoms with Gasteiger partial charge in [-0.15, -0.1) is 0 Å². The van der Waals surface area contributed by atoms with Gasteiger partial charge in [0.1, 0.15) is 0 Å². The first kappa shape index (κ1) is 15.1. The molecular weight excluding hydrogens is 204 g/mol. The lowest BCUT2D eigenvalue weighted by molar-refractivity contribution is 0.103. The standard InChI is InChI=1S/C12H28O2Si/c1-11(13-5)9-8-10-14-15(6,7)12(2,3)4/h11H,8-10H2,1-7H3. The minimum Gasteiger partial charge on any atom is -0.417 e. The highest BCUT2D eigenvalue weighted by Crippen LogP contribution is 2.36. The molecule has 92 valence electrons. The SMILES string of the molecule is COC(C)CCCO[Si](C)(C)C(C)(C)C. The van der Waals surface area contributed by atoms with Gasteiger partial charge in [-0.3, -0.25) is 0 Å². The van der Waals surface area contributed by atoms with Crippen molar-refractivity contribution in [3.8, 4) is 0 Å². The molecule has 0 heterocycles. The van der Waals surface area contributed by atoms with Crippen LogP contribution in [0.15, 0.2) is 0 Å². The van der Waals surface area contributed by atoms with Crippen LogP contribution in [0.1, 0.15) is 40.5 Å². The molecule has 0 saturated heterocycles. The van der Waals surface area contributed by atoms with Crippen molar-refractivity contribution in [3.05, 3.63) is 0 Å². The van der Waals surface area contributed by atoms with Crippen molar-refractivity contribution in [3.63, 3.8) is 0 Å². The van der Waals surface area contributed by atoms with Gasteiger partial charge in [-0.05, 0) is 37.9 Å². The third kappa shape index (κ3) is 5.69. The van der Waals surface area contributed by atoms with Gasteiger partial charge in [-0.25, -0.2) is 0 Å². The van der Waals surface area contributed by atoms with E-state index >= 15 is 0 Å². The highest BCUT2D eigenvalue weighted by atomic mass is 28.4. The molecule has 0 aliphatic heterocycles. The summed E-state index contributed by atoms with van der Waals surface area (Å²) >= 11 is 0. The van der Waals surface area contributed by atoms with E-state index in [1.54, 1.807) is 7.11 Å². The summed E-state index contributed by atoms with van der Waals surface area (Å²) in [6.45, 7) is 14.4. The predicted octanol–water partition coefficient (Wildman–Crippen LogP) is 3.82. The normalized spacial score (nSPS) is 15.4. The molecule has 2 nitrogen and oxygen atoms in total. The Labute approximate surface area is 96.5 Å². The molecule has 0 aliphatic carbocycles. The highest BCUT2D eigenvalue weighted by molar-refractivity contribution is 6.74. The largest absolute Gasteiger partial charge is 0.417 e. The van der Waals surface area contributed by atoms with Gasteiger partial charge in [0.05, 0.1) is 6.10 Å². The second-order valence-electron chi connectivity index (χ2n) is 5.80. The summed E-state index contributed by atoms with van der Waals surface area (Å²) in [6, 6.07) is 0. The first-order valence-corrected chi connectivity index (χ1v) is 8.78. The van der Waals surface area contributed by atoms with Crippen LogP contribution >= 0.6 is 0 Å². The van der Waals surface area contributed by atoms with Crippen molar-refractivity contribution in [2.45, 2.75) is 64.8 Å². The number of hydrogen-bond acceptors (Lipinski definition) is 2. The van der Waals surface area contributed by atoms with Crippen LogP contribution in [0, 0.1) is 0 Å². The lowest BCUT2D eigenvalue weighted by atomic mass is 10.2. The van der Waals surface area contributed by atoms with E-state index in [4.69, 9.17) is 9.16 Å². The Bertz CT molecular complexity index is 173. The molecule has 0 aliphatic rings. The molecule has 1 unspecified atom stereocenters. The van der Waals surface area contributed by atoms with Crippen LogP contribution < -0.4 is 0 Å². The molecule has 0 spiro atoms. The number of hydrogen-bond donors (Lipinski definition) is 0. The molecule has 0 N–H and O–H groups in total. The van der Waals surface area contributed by atoms with Crippen molar-refractivity contribution in [2.75, 3.05) is 13.7 Å².